The molecule has 0 amide bonds. The summed E-state index contributed by atoms with van der Waals surface area (Å²) in [6, 6.07) is 3.57. The monoisotopic (exact) mass is 287 g/mol. The number of ether oxygens (including phenoxy) is 2. The molecule has 2 aliphatic rings. The van der Waals surface area contributed by atoms with Crippen molar-refractivity contribution in [2.45, 2.75) is 25.6 Å². The number of alkyl halides is 2. The second kappa shape index (κ2) is 5.52. The lowest BCUT2D eigenvalue weighted by Crippen LogP contribution is -2.19. The summed E-state index contributed by atoms with van der Waals surface area (Å²) in [5, 5.41) is 3.33. The zero-order valence-corrected chi connectivity index (χ0v) is 10.8. The molecule has 1 aliphatic heterocycles. The predicted molar refractivity (Wildman–Crippen MR) is 66.5 cm³/mol. The second-order valence-corrected chi connectivity index (χ2v) is 5.36. The van der Waals surface area contributed by atoms with Gasteiger partial charge in [-0.2, -0.15) is 8.78 Å². The molecule has 6 heteroatoms. The van der Waals surface area contributed by atoms with E-state index in [1.54, 1.807) is 0 Å². The van der Waals surface area contributed by atoms with E-state index in [0.29, 0.717) is 11.8 Å². The van der Waals surface area contributed by atoms with Crippen LogP contribution < -0.4 is 14.8 Å². The van der Waals surface area contributed by atoms with Crippen LogP contribution in [0.3, 0.4) is 0 Å². The largest absolute Gasteiger partial charge is 0.487 e. The minimum absolute atomic E-state index is 0.00321. The molecule has 20 heavy (non-hydrogen) atoms. The van der Waals surface area contributed by atoms with Crippen LogP contribution in [0, 0.1) is 17.7 Å². The minimum atomic E-state index is -2.96. The summed E-state index contributed by atoms with van der Waals surface area (Å²) in [4.78, 5) is 0. The molecule has 2 fully saturated rings. The first-order valence-electron chi connectivity index (χ1n) is 6.73. The van der Waals surface area contributed by atoms with Gasteiger partial charge in [0.15, 0.2) is 11.6 Å². The summed E-state index contributed by atoms with van der Waals surface area (Å²) in [7, 11) is 0. The standard InChI is InChI=1S/C14H16F3NO2/c15-12-5-10(20-14(16)17)1-2-13(12)19-11-3-8-6-18-7-9(8)4-11/h1-2,5,8-9,11,14,18H,3-4,6-7H2/t8-,9-/m1/s1. The highest BCUT2D eigenvalue weighted by Crippen LogP contribution is 2.37. The topological polar surface area (TPSA) is 30.5 Å². The Balaban J connectivity index is 1.63. The van der Waals surface area contributed by atoms with Gasteiger partial charge in [0, 0.05) is 6.07 Å². The van der Waals surface area contributed by atoms with Crippen molar-refractivity contribution in [1.29, 1.82) is 0 Å². The number of hydrogen-bond donors (Lipinski definition) is 1. The number of halogens is 3. The third-order valence-electron chi connectivity index (χ3n) is 4.03. The molecule has 3 rings (SSSR count). The molecule has 1 heterocycles. The van der Waals surface area contributed by atoms with Crippen LogP contribution in [-0.2, 0) is 0 Å². The fourth-order valence-electron chi connectivity index (χ4n) is 3.14. The quantitative estimate of drug-likeness (QED) is 0.923. The minimum Gasteiger partial charge on any atom is -0.487 e. The molecular formula is C14H16F3NO2. The van der Waals surface area contributed by atoms with E-state index in [4.69, 9.17) is 4.74 Å². The molecule has 0 radical (unpaired) electrons. The zero-order chi connectivity index (χ0) is 14.1. The Labute approximate surface area is 115 Å². The van der Waals surface area contributed by atoms with E-state index in [0.717, 1.165) is 32.0 Å². The number of hydrogen-bond acceptors (Lipinski definition) is 3. The van der Waals surface area contributed by atoms with Crippen molar-refractivity contribution in [2.75, 3.05) is 13.1 Å². The molecule has 0 aromatic heterocycles. The van der Waals surface area contributed by atoms with Gasteiger partial charge < -0.3 is 14.8 Å². The number of benzene rings is 1. The average molecular weight is 287 g/mol. The van der Waals surface area contributed by atoms with Gasteiger partial charge in [-0.15, -0.1) is 0 Å². The molecule has 1 N–H and O–H groups in total. The first kappa shape index (κ1) is 13.5. The Morgan fingerprint density at radius 3 is 2.45 bits per heavy atom. The highest BCUT2D eigenvalue weighted by Gasteiger charge is 2.38. The predicted octanol–water partition coefficient (Wildman–Crippen LogP) is 2.80. The smallest absolute Gasteiger partial charge is 0.387 e. The molecular weight excluding hydrogens is 271 g/mol. The maximum absolute atomic E-state index is 13.8. The summed E-state index contributed by atoms with van der Waals surface area (Å²) < 4.78 is 47.6. The van der Waals surface area contributed by atoms with Crippen LogP contribution in [0.1, 0.15) is 12.8 Å². The van der Waals surface area contributed by atoms with Crippen LogP contribution in [0.2, 0.25) is 0 Å². The maximum atomic E-state index is 13.8. The van der Waals surface area contributed by atoms with E-state index in [2.05, 4.69) is 10.1 Å². The van der Waals surface area contributed by atoms with Crippen molar-refractivity contribution in [3.05, 3.63) is 24.0 Å². The van der Waals surface area contributed by atoms with E-state index in [1.807, 2.05) is 0 Å². The number of nitrogens with one attached hydrogen (secondary N) is 1. The van der Waals surface area contributed by atoms with Gasteiger partial charge in [0.1, 0.15) is 5.75 Å². The molecule has 2 atom stereocenters. The van der Waals surface area contributed by atoms with Crippen LogP contribution >= 0.6 is 0 Å². The van der Waals surface area contributed by atoms with Gasteiger partial charge in [-0.05, 0) is 49.9 Å². The highest BCUT2D eigenvalue weighted by molar-refractivity contribution is 5.33. The van der Waals surface area contributed by atoms with E-state index >= 15 is 0 Å². The average Bonchev–Trinajstić information content (AvgIpc) is 2.92. The molecule has 0 spiro atoms. The van der Waals surface area contributed by atoms with Crippen LogP contribution in [0.5, 0.6) is 11.5 Å². The van der Waals surface area contributed by atoms with Crippen molar-refractivity contribution >= 4 is 0 Å². The molecule has 1 aromatic carbocycles. The Bertz CT molecular complexity index is 471. The van der Waals surface area contributed by atoms with Gasteiger partial charge in [-0.25, -0.2) is 4.39 Å². The number of rotatable bonds is 4. The van der Waals surface area contributed by atoms with Crippen LogP contribution in [0.25, 0.3) is 0 Å². The first-order valence-corrected chi connectivity index (χ1v) is 6.73. The molecule has 1 saturated carbocycles. The molecule has 1 aliphatic carbocycles. The third-order valence-corrected chi connectivity index (χ3v) is 4.03. The van der Waals surface area contributed by atoms with E-state index < -0.39 is 12.4 Å². The van der Waals surface area contributed by atoms with Crippen molar-refractivity contribution in [3.8, 4) is 11.5 Å². The van der Waals surface area contributed by atoms with Gasteiger partial charge in [0.25, 0.3) is 0 Å². The normalized spacial score (nSPS) is 26.0. The number of fused-ring (bicyclic) bond motifs is 1. The Kier molecular flexibility index (Phi) is 3.74. The van der Waals surface area contributed by atoms with Crippen molar-refractivity contribution in [3.63, 3.8) is 0 Å². The van der Waals surface area contributed by atoms with Crippen LogP contribution in [0.4, 0.5) is 13.2 Å². The Morgan fingerprint density at radius 2 is 1.85 bits per heavy atom. The van der Waals surface area contributed by atoms with Crippen molar-refractivity contribution < 1.29 is 22.6 Å². The summed E-state index contributed by atoms with van der Waals surface area (Å²) in [5.74, 6) is 0.439. The van der Waals surface area contributed by atoms with Crippen LogP contribution in [-0.4, -0.2) is 25.8 Å². The molecule has 0 unspecified atom stereocenters. The molecule has 1 aromatic rings. The molecule has 110 valence electrons. The fraction of sp³-hybridized carbons (Fsp3) is 0.571. The summed E-state index contributed by atoms with van der Waals surface area (Å²) in [6.07, 6.45) is 1.82. The van der Waals surface area contributed by atoms with Gasteiger partial charge in [0.05, 0.1) is 6.10 Å². The van der Waals surface area contributed by atoms with Crippen LogP contribution in [0.15, 0.2) is 18.2 Å². The SMILES string of the molecule is Fc1cc(OC(F)F)ccc1OC1C[C@@H]2CNC[C@H]2C1. The van der Waals surface area contributed by atoms with Crippen molar-refractivity contribution in [2.24, 2.45) is 11.8 Å². The van der Waals surface area contributed by atoms with Gasteiger partial charge in [0.2, 0.25) is 0 Å². The van der Waals surface area contributed by atoms with E-state index in [9.17, 15) is 13.2 Å². The Morgan fingerprint density at radius 1 is 1.15 bits per heavy atom. The Hall–Kier alpha value is -1.43. The summed E-state index contributed by atoms with van der Waals surface area (Å²) >= 11 is 0. The lowest BCUT2D eigenvalue weighted by atomic mass is 10.0. The summed E-state index contributed by atoms with van der Waals surface area (Å²) in [5.41, 5.74) is 0. The fourth-order valence-corrected chi connectivity index (χ4v) is 3.14. The molecule has 0 bridgehead atoms. The first-order chi connectivity index (χ1) is 9.61. The lowest BCUT2D eigenvalue weighted by Gasteiger charge is -2.16. The third kappa shape index (κ3) is 2.85. The lowest BCUT2D eigenvalue weighted by molar-refractivity contribution is -0.0500. The second-order valence-electron chi connectivity index (χ2n) is 5.36. The molecule has 3 nitrogen and oxygen atoms in total. The zero-order valence-electron chi connectivity index (χ0n) is 10.8. The maximum Gasteiger partial charge on any atom is 0.387 e. The van der Waals surface area contributed by atoms with Gasteiger partial charge in [-0.1, -0.05) is 0 Å². The van der Waals surface area contributed by atoms with E-state index in [-0.39, 0.29) is 17.6 Å². The van der Waals surface area contributed by atoms with Gasteiger partial charge >= 0.3 is 6.61 Å². The summed E-state index contributed by atoms with van der Waals surface area (Å²) in [6.45, 7) is -0.967. The highest BCUT2D eigenvalue weighted by atomic mass is 19.3. The molecule has 1 saturated heterocycles. The van der Waals surface area contributed by atoms with Crippen molar-refractivity contribution in [1.82, 2.24) is 5.32 Å². The van der Waals surface area contributed by atoms with Gasteiger partial charge in [-0.3, -0.25) is 0 Å². The van der Waals surface area contributed by atoms with E-state index in [1.165, 1.54) is 12.1 Å².